The van der Waals surface area contributed by atoms with E-state index < -0.39 is 71.8 Å². The summed E-state index contributed by atoms with van der Waals surface area (Å²) in [5, 5.41) is 33.2. The lowest BCUT2D eigenvalue weighted by Crippen LogP contribution is -2.59. The van der Waals surface area contributed by atoms with Crippen LogP contribution in [0.1, 0.15) is 125 Å². The first kappa shape index (κ1) is 50.3. The zero-order valence-electron chi connectivity index (χ0n) is 37.8. The number of amides is 1. The lowest BCUT2D eigenvalue weighted by molar-refractivity contribution is -0.265. The summed E-state index contributed by atoms with van der Waals surface area (Å²) in [7, 11) is 2.95. The number of hydrogen-bond donors (Lipinski definition) is 3. The molecule has 0 aromatic rings. The van der Waals surface area contributed by atoms with Crippen LogP contribution >= 0.6 is 0 Å². The van der Waals surface area contributed by atoms with Crippen LogP contribution in [0.2, 0.25) is 0 Å². The number of methoxy groups -OCH3 is 2. The highest BCUT2D eigenvalue weighted by Crippen LogP contribution is 2.37. The lowest BCUT2D eigenvalue weighted by Gasteiger charge is -2.41. The quantitative estimate of drug-likeness (QED) is 0.169. The molecule has 3 fully saturated rings. The van der Waals surface area contributed by atoms with Crippen molar-refractivity contribution < 1.29 is 58.2 Å². The number of nitrogens with zero attached hydrogens (tertiary/aromatic N) is 1. The van der Waals surface area contributed by atoms with Crippen molar-refractivity contribution in [2.45, 2.75) is 173 Å². The van der Waals surface area contributed by atoms with Crippen molar-refractivity contribution in [3.8, 4) is 0 Å². The average Bonchev–Trinajstić information content (AvgIpc) is 3.73. The summed E-state index contributed by atoms with van der Waals surface area (Å²) < 4.78 is 23.6. The molecule has 13 nitrogen and oxygen atoms in total. The molecule has 1 amide bonds. The van der Waals surface area contributed by atoms with Gasteiger partial charge in [-0.3, -0.25) is 19.2 Å². The molecule has 13 heteroatoms. The largest absolute Gasteiger partial charge is 0.460 e. The number of rotatable bonds is 5. The number of allylic oxidation sites excluding steroid dienone is 6. The van der Waals surface area contributed by atoms with Crippen molar-refractivity contribution in [1.29, 1.82) is 0 Å². The molecule has 4 rings (SSSR count). The van der Waals surface area contributed by atoms with Gasteiger partial charge in [0.15, 0.2) is 5.78 Å². The summed E-state index contributed by atoms with van der Waals surface area (Å²) >= 11 is 0. The molecule has 61 heavy (non-hydrogen) atoms. The molecule has 2 bridgehead atoms. The zero-order chi connectivity index (χ0) is 45.0. The van der Waals surface area contributed by atoms with Gasteiger partial charge in [0.1, 0.15) is 30.1 Å². The highest BCUT2D eigenvalue weighted by Gasteiger charge is 2.53. The monoisotopic (exact) mass is 856 g/mol. The lowest BCUT2D eigenvalue weighted by atomic mass is 9.79. The molecule has 3 N–H and O–H groups in total. The topological polar surface area (TPSA) is 186 Å². The number of carbonyl (C=O) groups excluding carboxylic acids is 5. The number of Topliss-reactive ketones (excluding diaryl/α,β-unsaturated/α-hetero) is 3. The van der Waals surface area contributed by atoms with Gasteiger partial charge in [-0.25, -0.2) is 4.79 Å². The van der Waals surface area contributed by atoms with Crippen molar-refractivity contribution in [2.24, 2.45) is 29.6 Å². The van der Waals surface area contributed by atoms with Crippen LogP contribution in [-0.4, -0.2) is 119 Å². The van der Waals surface area contributed by atoms with Crippen LogP contribution in [0.25, 0.3) is 0 Å². The first-order valence-corrected chi connectivity index (χ1v) is 22.5. The molecular formula is C48H73NO12. The Morgan fingerprint density at radius 2 is 1.57 bits per heavy atom. The van der Waals surface area contributed by atoms with Crippen LogP contribution in [0.5, 0.6) is 0 Å². The SMILES string of the molecule is CO[C@H]1C[C@@H]2CC[C@@H](C)[C@@](O)(O2)C(=O)C(=O)N2CCCC2C(=O)O[C@H]([C@H](C)CC2CCC(O)CC2)CC(=O)[C@H](C)/C=C(\C)[C@@H](O)[C@@H](OC)C(=O)CC[C@H](C)/C=C/C=C/C=C1C. The van der Waals surface area contributed by atoms with E-state index in [1.807, 2.05) is 51.2 Å². The molecule has 342 valence electrons. The molecular weight excluding hydrogens is 783 g/mol. The predicted octanol–water partition coefficient (Wildman–Crippen LogP) is 5.92. The Hall–Kier alpha value is -3.33. The number of carbonyl (C=O) groups is 5. The van der Waals surface area contributed by atoms with Gasteiger partial charge in [0.25, 0.3) is 11.7 Å². The van der Waals surface area contributed by atoms with Crippen LogP contribution in [0.15, 0.2) is 47.6 Å². The molecule has 3 aliphatic heterocycles. The Labute approximate surface area is 363 Å². The Morgan fingerprint density at radius 3 is 2.25 bits per heavy atom. The van der Waals surface area contributed by atoms with Crippen molar-refractivity contribution in [2.75, 3.05) is 20.8 Å². The first-order chi connectivity index (χ1) is 28.9. The van der Waals surface area contributed by atoms with Gasteiger partial charge in [-0.1, -0.05) is 64.2 Å². The Morgan fingerprint density at radius 1 is 0.869 bits per heavy atom. The third-order valence-corrected chi connectivity index (χ3v) is 13.5. The third kappa shape index (κ3) is 13.6. The number of esters is 1. The number of hydrogen-bond acceptors (Lipinski definition) is 12. The molecule has 3 heterocycles. The standard InChI is InChI=1S/C48H73NO12/c1-29-13-10-9-11-14-30(2)41(58-7)27-37-22-17-34(6)48(57,61-37)45(54)46(55)49-24-12-15-38(49)47(56)60-42(32(4)26-35-18-20-36(50)21-19-35)28-40(52)31(3)25-33(5)43(53)44(59-8)39(51)23-16-29/h9-11,13-14,25,29,31-32,34-38,41-44,50,53,57H,12,15-24,26-28H2,1-8H3/b11-9+,13-10+,30-14?,33-25+/t29-,31-,32-,34-,35?,36?,37+,38?,41+,42+,43-,44+,48-/m1/s1. The summed E-state index contributed by atoms with van der Waals surface area (Å²) in [6.45, 7) is 11.0. The summed E-state index contributed by atoms with van der Waals surface area (Å²) in [6.07, 6.45) is 12.7. The fourth-order valence-corrected chi connectivity index (χ4v) is 9.28. The number of cyclic esters (lactones) is 1. The molecule has 0 aromatic heterocycles. The minimum Gasteiger partial charge on any atom is -0.460 e. The predicted molar refractivity (Wildman–Crippen MR) is 230 cm³/mol. The summed E-state index contributed by atoms with van der Waals surface area (Å²) in [5.74, 6) is -7.14. The second-order valence-electron chi connectivity index (χ2n) is 18.4. The maximum atomic E-state index is 14.1. The molecule has 1 saturated carbocycles. The van der Waals surface area contributed by atoms with Crippen LogP contribution in [0.3, 0.4) is 0 Å². The third-order valence-electron chi connectivity index (χ3n) is 13.5. The number of aliphatic hydroxyl groups excluding tert-OH is 2. The fourth-order valence-electron chi connectivity index (χ4n) is 9.28. The highest BCUT2D eigenvalue weighted by molar-refractivity contribution is 6.39. The average molecular weight is 856 g/mol. The minimum absolute atomic E-state index is 0.0510. The first-order valence-electron chi connectivity index (χ1n) is 22.5. The van der Waals surface area contributed by atoms with E-state index in [1.165, 1.54) is 12.0 Å². The highest BCUT2D eigenvalue weighted by atomic mass is 16.6. The molecule has 1 aliphatic carbocycles. The minimum atomic E-state index is -2.41. The number of ketones is 3. The van der Waals surface area contributed by atoms with E-state index in [4.69, 9.17) is 18.9 Å². The molecule has 11 atom stereocenters. The van der Waals surface area contributed by atoms with Crippen LogP contribution < -0.4 is 0 Å². The Bertz CT molecular complexity index is 1640. The van der Waals surface area contributed by atoms with Crippen molar-refractivity contribution in [3.05, 3.63) is 47.6 Å². The molecule has 2 saturated heterocycles. The molecule has 0 radical (unpaired) electrons. The Balaban J connectivity index is 1.65. The van der Waals surface area contributed by atoms with Gasteiger partial charge >= 0.3 is 5.97 Å². The van der Waals surface area contributed by atoms with Crippen molar-refractivity contribution in [3.63, 3.8) is 0 Å². The van der Waals surface area contributed by atoms with E-state index in [0.29, 0.717) is 56.9 Å². The summed E-state index contributed by atoms with van der Waals surface area (Å²) in [5.41, 5.74) is 1.29. The Kier molecular flexibility index (Phi) is 19.3. The number of fused-ring (bicyclic) bond motifs is 3. The van der Waals surface area contributed by atoms with Gasteiger partial charge in [0, 0.05) is 51.9 Å². The number of aliphatic hydroxyl groups is 3. The maximum absolute atomic E-state index is 14.1. The van der Waals surface area contributed by atoms with Crippen LogP contribution in [0.4, 0.5) is 0 Å². The van der Waals surface area contributed by atoms with E-state index >= 15 is 0 Å². The van der Waals surface area contributed by atoms with Gasteiger partial charge in [0.2, 0.25) is 5.79 Å². The molecule has 0 spiro atoms. The normalized spacial score (nSPS) is 38.8. The van der Waals surface area contributed by atoms with E-state index in [-0.39, 0.29) is 61.2 Å². The van der Waals surface area contributed by atoms with Crippen LogP contribution in [0, 0.1) is 29.6 Å². The van der Waals surface area contributed by atoms with E-state index in [2.05, 4.69) is 0 Å². The maximum Gasteiger partial charge on any atom is 0.329 e. The fraction of sp³-hybridized carbons (Fsp3) is 0.729. The van der Waals surface area contributed by atoms with Gasteiger partial charge in [-0.2, -0.15) is 0 Å². The van der Waals surface area contributed by atoms with Gasteiger partial charge in [0.05, 0.1) is 18.3 Å². The summed E-state index contributed by atoms with van der Waals surface area (Å²) in [6, 6.07) is -1.10. The van der Waals surface area contributed by atoms with Gasteiger partial charge in [-0.15, -0.1) is 0 Å². The van der Waals surface area contributed by atoms with Gasteiger partial charge < -0.3 is 39.2 Å². The number of ether oxygens (including phenoxy) is 4. The van der Waals surface area contributed by atoms with Crippen LogP contribution in [-0.2, 0) is 42.9 Å². The van der Waals surface area contributed by atoms with E-state index in [1.54, 1.807) is 34.0 Å². The van der Waals surface area contributed by atoms with Gasteiger partial charge in [-0.05, 0) is 107 Å². The summed E-state index contributed by atoms with van der Waals surface area (Å²) in [4.78, 5) is 70.5. The van der Waals surface area contributed by atoms with E-state index in [9.17, 15) is 39.3 Å². The van der Waals surface area contributed by atoms with E-state index in [0.717, 1.165) is 18.4 Å². The van der Waals surface area contributed by atoms with Crippen molar-refractivity contribution >= 4 is 29.2 Å². The van der Waals surface area contributed by atoms with Crippen molar-refractivity contribution in [1.82, 2.24) is 4.90 Å². The second kappa shape index (κ2) is 23.4. The molecule has 0 aromatic carbocycles. The second-order valence-corrected chi connectivity index (χ2v) is 18.4. The zero-order valence-corrected chi connectivity index (χ0v) is 37.8. The smallest absolute Gasteiger partial charge is 0.329 e. The molecule has 4 aliphatic rings. The molecule has 1 unspecified atom stereocenters.